The van der Waals surface area contributed by atoms with Crippen LogP contribution in [0.5, 0.6) is 0 Å². The number of hydrogen-bond donors (Lipinski definition) is 0. The standard InChI is InChI=1S/C14H9F3N2/c15-14(16,17)11-5-3-4-10(8-11)12-9-18-13-6-1-2-7-19(12)13/h1-9H. The molecule has 0 fully saturated rings. The SMILES string of the molecule is FC(F)(F)c1cccc(-c2cnc3ccccn23)c1. The minimum absolute atomic E-state index is 0.494. The number of fused-ring (bicyclic) bond motifs is 1. The predicted octanol–water partition coefficient (Wildman–Crippen LogP) is 4.02. The van der Waals surface area contributed by atoms with Crippen LogP contribution in [0.1, 0.15) is 5.56 Å². The number of benzene rings is 1. The van der Waals surface area contributed by atoms with E-state index in [0.717, 1.165) is 12.1 Å². The lowest BCUT2D eigenvalue weighted by Crippen LogP contribution is -2.04. The summed E-state index contributed by atoms with van der Waals surface area (Å²) in [6.07, 6.45) is -0.987. The summed E-state index contributed by atoms with van der Waals surface area (Å²) < 4.78 is 39.9. The van der Waals surface area contributed by atoms with Crippen LogP contribution in [-0.2, 0) is 6.18 Å². The van der Waals surface area contributed by atoms with Crippen LogP contribution in [0.2, 0.25) is 0 Å². The number of nitrogens with zero attached hydrogens (tertiary/aromatic N) is 2. The fraction of sp³-hybridized carbons (Fsp3) is 0.0714. The number of pyridine rings is 1. The second kappa shape index (κ2) is 4.12. The van der Waals surface area contributed by atoms with Crippen LogP contribution in [0.15, 0.2) is 54.9 Å². The summed E-state index contributed by atoms with van der Waals surface area (Å²) in [5, 5.41) is 0. The van der Waals surface area contributed by atoms with Crippen molar-refractivity contribution in [3.05, 3.63) is 60.4 Å². The molecule has 0 bridgehead atoms. The van der Waals surface area contributed by atoms with Crippen LogP contribution in [0.4, 0.5) is 13.2 Å². The van der Waals surface area contributed by atoms with Crippen LogP contribution in [-0.4, -0.2) is 9.38 Å². The van der Waals surface area contributed by atoms with E-state index in [1.54, 1.807) is 28.9 Å². The fourth-order valence-electron chi connectivity index (χ4n) is 2.00. The second-order valence-corrected chi connectivity index (χ2v) is 4.15. The van der Waals surface area contributed by atoms with E-state index in [9.17, 15) is 13.2 Å². The van der Waals surface area contributed by atoms with Gasteiger partial charge < -0.3 is 0 Å². The van der Waals surface area contributed by atoms with Crippen LogP contribution in [0, 0.1) is 0 Å². The zero-order valence-corrected chi connectivity index (χ0v) is 9.72. The van der Waals surface area contributed by atoms with Crippen molar-refractivity contribution in [2.75, 3.05) is 0 Å². The van der Waals surface area contributed by atoms with Gasteiger partial charge in [0.25, 0.3) is 0 Å². The van der Waals surface area contributed by atoms with Crippen molar-refractivity contribution >= 4 is 5.65 Å². The van der Waals surface area contributed by atoms with E-state index in [1.165, 1.54) is 6.07 Å². The second-order valence-electron chi connectivity index (χ2n) is 4.15. The fourth-order valence-corrected chi connectivity index (χ4v) is 2.00. The molecule has 0 aliphatic carbocycles. The van der Waals surface area contributed by atoms with Crippen molar-refractivity contribution in [3.63, 3.8) is 0 Å². The van der Waals surface area contributed by atoms with Crippen LogP contribution in [0.25, 0.3) is 16.9 Å². The zero-order chi connectivity index (χ0) is 13.5. The lowest BCUT2D eigenvalue weighted by molar-refractivity contribution is -0.137. The zero-order valence-electron chi connectivity index (χ0n) is 9.72. The molecule has 0 atom stereocenters. The first kappa shape index (κ1) is 11.8. The van der Waals surface area contributed by atoms with E-state index >= 15 is 0 Å². The first-order chi connectivity index (χ1) is 9.05. The summed E-state index contributed by atoms with van der Waals surface area (Å²) >= 11 is 0. The van der Waals surface area contributed by atoms with Gasteiger partial charge >= 0.3 is 6.18 Å². The highest BCUT2D eigenvalue weighted by molar-refractivity contribution is 5.64. The van der Waals surface area contributed by atoms with E-state index in [-0.39, 0.29) is 0 Å². The molecule has 0 N–H and O–H groups in total. The Bertz CT molecular complexity index is 729. The Labute approximate surface area is 107 Å². The monoisotopic (exact) mass is 262 g/mol. The number of hydrogen-bond acceptors (Lipinski definition) is 1. The first-order valence-corrected chi connectivity index (χ1v) is 5.65. The molecule has 0 aliphatic rings. The summed E-state index contributed by atoms with van der Waals surface area (Å²) in [6.45, 7) is 0. The number of rotatable bonds is 1. The van der Waals surface area contributed by atoms with Gasteiger partial charge in [0.15, 0.2) is 0 Å². The Hall–Kier alpha value is -2.30. The Morgan fingerprint density at radius 1 is 1.00 bits per heavy atom. The molecular formula is C14H9F3N2. The molecule has 2 heterocycles. The Kier molecular flexibility index (Phi) is 2.55. The summed E-state index contributed by atoms with van der Waals surface area (Å²) in [6, 6.07) is 10.7. The Morgan fingerprint density at radius 2 is 1.84 bits per heavy atom. The minimum Gasteiger partial charge on any atom is -0.300 e. The maximum atomic E-state index is 12.7. The third-order valence-corrected chi connectivity index (χ3v) is 2.90. The van der Waals surface area contributed by atoms with Gasteiger partial charge in [-0.2, -0.15) is 13.2 Å². The number of aromatic nitrogens is 2. The molecular weight excluding hydrogens is 253 g/mol. The van der Waals surface area contributed by atoms with Gasteiger partial charge in [-0.05, 0) is 24.3 Å². The normalized spacial score (nSPS) is 11.9. The molecule has 0 radical (unpaired) electrons. The van der Waals surface area contributed by atoms with Crippen molar-refractivity contribution in [3.8, 4) is 11.3 Å². The van der Waals surface area contributed by atoms with Gasteiger partial charge in [0.1, 0.15) is 5.65 Å². The molecule has 0 aliphatic heterocycles. The predicted molar refractivity (Wildman–Crippen MR) is 65.6 cm³/mol. The number of alkyl halides is 3. The van der Waals surface area contributed by atoms with Gasteiger partial charge in [0.05, 0.1) is 17.5 Å². The Morgan fingerprint density at radius 3 is 2.63 bits per heavy atom. The first-order valence-electron chi connectivity index (χ1n) is 5.65. The molecule has 3 rings (SSSR count). The van der Waals surface area contributed by atoms with Crippen LogP contribution >= 0.6 is 0 Å². The molecule has 0 unspecified atom stereocenters. The average molecular weight is 262 g/mol. The number of halogens is 3. The highest BCUT2D eigenvalue weighted by Gasteiger charge is 2.30. The molecule has 2 nitrogen and oxygen atoms in total. The van der Waals surface area contributed by atoms with Crippen LogP contribution < -0.4 is 0 Å². The summed E-state index contributed by atoms with van der Waals surface area (Å²) in [4.78, 5) is 4.17. The average Bonchev–Trinajstić information content (AvgIpc) is 2.82. The summed E-state index contributed by atoms with van der Waals surface area (Å²) in [7, 11) is 0. The molecule has 3 aromatic rings. The van der Waals surface area contributed by atoms with Crippen molar-refractivity contribution in [1.82, 2.24) is 9.38 Å². The molecule has 0 saturated heterocycles. The molecule has 96 valence electrons. The topological polar surface area (TPSA) is 17.3 Å². The van der Waals surface area contributed by atoms with E-state index in [0.29, 0.717) is 16.9 Å². The van der Waals surface area contributed by atoms with Gasteiger partial charge in [0, 0.05) is 11.8 Å². The highest BCUT2D eigenvalue weighted by atomic mass is 19.4. The summed E-state index contributed by atoms with van der Waals surface area (Å²) in [5.74, 6) is 0. The van der Waals surface area contributed by atoms with Crippen molar-refractivity contribution in [2.45, 2.75) is 6.18 Å². The lowest BCUT2D eigenvalue weighted by Gasteiger charge is -2.08. The lowest BCUT2D eigenvalue weighted by atomic mass is 10.1. The maximum absolute atomic E-state index is 12.7. The smallest absolute Gasteiger partial charge is 0.300 e. The van der Waals surface area contributed by atoms with Gasteiger partial charge in [-0.3, -0.25) is 4.40 Å². The number of imidazole rings is 1. The van der Waals surface area contributed by atoms with Crippen molar-refractivity contribution < 1.29 is 13.2 Å². The Balaban J connectivity index is 2.17. The van der Waals surface area contributed by atoms with E-state index in [4.69, 9.17) is 0 Å². The molecule has 5 heteroatoms. The van der Waals surface area contributed by atoms with Gasteiger partial charge in [-0.1, -0.05) is 18.2 Å². The minimum atomic E-state index is -4.34. The van der Waals surface area contributed by atoms with Gasteiger partial charge in [0.2, 0.25) is 0 Å². The van der Waals surface area contributed by atoms with Crippen molar-refractivity contribution in [2.24, 2.45) is 0 Å². The van der Waals surface area contributed by atoms with E-state index in [2.05, 4.69) is 4.98 Å². The van der Waals surface area contributed by atoms with Crippen LogP contribution in [0.3, 0.4) is 0 Å². The quantitative estimate of drug-likeness (QED) is 0.647. The largest absolute Gasteiger partial charge is 0.416 e. The molecule has 1 aromatic carbocycles. The highest BCUT2D eigenvalue weighted by Crippen LogP contribution is 2.32. The molecule has 19 heavy (non-hydrogen) atoms. The summed E-state index contributed by atoms with van der Waals surface area (Å²) in [5.41, 5.74) is 1.18. The molecule has 0 amide bonds. The molecule has 2 aromatic heterocycles. The van der Waals surface area contributed by atoms with E-state index in [1.807, 2.05) is 12.1 Å². The molecule has 0 spiro atoms. The third-order valence-electron chi connectivity index (χ3n) is 2.90. The third kappa shape index (κ3) is 2.07. The van der Waals surface area contributed by atoms with Gasteiger partial charge in [-0.15, -0.1) is 0 Å². The molecule has 0 saturated carbocycles. The van der Waals surface area contributed by atoms with E-state index < -0.39 is 11.7 Å². The van der Waals surface area contributed by atoms with Crippen molar-refractivity contribution in [1.29, 1.82) is 0 Å². The maximum Gasteiger partial charge on any atom is 0.416 e. The van der Waals surface area contributed by atoms with Gasteiger partial charge in [-0.25, -0.2) is 4.98 Å².